The largest absolute Gasteiger partial charge is 0.332 e. The molecule has 1 saturated heterocycles. The molecule has 1 N–H and O–H groups in total. The van der Waals surface area contributed by atoms with Crippen LogP contribution >= 0.6 is 11.6 Å². The van der Waals surface area contributed by atoms with Crippen molar-refractivity contribution in [3.63, 3.8) is 0 Å². The maximum absolute atomic E-state index is 13.4. The third kappa shape index (κ3) is 3.96. The number of piperazine rings is 1. The third-order valence-corrected chi connectivity index (χ3v) is 6.14. The zero-order valence-electron chi connectivity index (χ0n) is 17.0. The van der Waals surface area contributed by atoms with Gasteiger partial charge in [0.05, 0.1) is 44.0 Å². The van der Waals surface area contributed by atoms with Gasteiger partial charge in [0, 0.05) is 16.4 Å². The molecule has 0 unspecified atom stereocenters. The van der Waals surface area contributed by atoms with Gasteiger partial charge in [0.1, 0.15) is 0 Å². The molecule has 0 saturated carbocycles. The number of amides is 1. The molecule has 3 aromatic rings. The Labute approximate surface area is 177 Å². The van der Waals surface area contributed by atoms with Crippen molar-refractivity contribution in [1.29, 1.82) is 0 Å². The number of nitrogens with one attached hydrogen (secondary N) is 1. The summed E-state index contributed by atoms with van der Waals surface area (Å²) in [6.07, 6.45) is 0. The van der Waals surface area contributed by atoms with Crippen LogP contribution < -0.4 is 4.90 Å². The van der Waals surface area contributed by atoms with Crippen molar-refractivity contribution in [1.82, 2.24) is 9.47 Å². The molecule has 2 aromatic carbocycles. The average Bonchev–Trinajstić information content (AvgIpc) is 3.11. The smallest absolute Gasteiger partial charge is 0.256 e. The molecule has 1 aromatic heterocycles. The summed E-state index contributed by atoms with van der Waals surface area (Å²) in [5.74, 6) is 0.127. The van der Waals surface area contributed by atoms with E-state index in [2.05, 4.69) is 23.6 Å². The molecule has 1 amide bonds. The highest BCUT2D eigenvalue weighted by Gasteiger charge is 2.27. The van der Waals surface area contributed by atoms with Crippen LogP contribution in [0.3, 0.4) is 0 Å². The summed E-state index contributed by atoms with van der Waals surface area (Å²) in [5, 5.41) is 0.705. The lowest BCUT2D eigenvalue weighted by Gasteiger charge is -2.31. The highest BCUT2D eigenvalue weighted by molar-refractivity contribution is 6.30. The number of likely N-dealkylation sites (N-methyl/N-ethyl adjacent to an activating group) is 1. The van der Waals surface area contributed by atoms with Gasteiger partial charge in [0.15, 0.2) is 0 Å². The summed E-state index contributed by atoms with van der Waals surface area (Å²) < 4.78 is 2.17. The van der Waals surface area contributed by atoms with Crippen LogP contribution in [0.5, 0.6) is 0 Å². The fraction of sp³-hybridized carbons (Fsp3) is 0.292. The zero-order chi connectivity index (χ0) is 20.4. The van der Waals surface area contributed by atoms with Crippen molar-refractivity contribution in [3.05, 3.63) is 76.9 Å². The van der Waals surface area contributed by atoms with Gasteiger partial charge in [-0.2, -0.15) is 0 Å². The van der Waals surface area contributed by atoms with E-state index >= 15 is 0 Å². The molecule has 1 aliphatic heterocycles. The summed E-state index contributed by atoms with van der Waals surface area (Å²) in [7, 11) is 0. The van der Waals surface area contributed by atoms with Crippen LogP contribution in [-0.4, -0.2) is 48.1 Å². The fourth-order valence-electron chi connectivity index (χ4n) is 4.12. The second-order valence-electron chi connectivity index (χ2n) is 7.60. The molecule has 0 aliphatic carbocycles. The van der Waals surface area contributed by atoms with Crippen molar-refractivity contribution in [3.8, 4) is 16.9 Å². The van der Waals surface area contributed by atoms with E-state index in [9.17, 15) is 4.79 Å². The Morgan fingerprint density at radius 1 is 1.03 bits per heavy atom. The monoisotopic (exact) mass is 408 g/mol. The normalized spacial score (nSPS) is 14.9. The van der Waals surface area contributed by atoms with Crippen molar-refractivity contribution < 1.29 is 9.69 Å². The van der Waals surface area contributed by atoms with Gasteiger partial charge in [0.25, 0.3) is 5.91 Å². The third-order valence-electron chi connectivity index (χ3n) is 5.89. The van der Waals surface area contributed by atoms with Gasteiger partial charge in [0.2, 0.25) is 0 Å². The number of carbonyl (C=O) groups is 1. The van der Waals surface area contributed by atoms with Crippen molar-refractivity contribution in [2.75, 3.05) is 32.7 Å². The van der Waals surface area contributed by atoms with E-state index in [4.69, 9.17) is 11.6 Å². The van der Waals surface area contributed by atoms with Crippen molar-refractivity contribution >= 4 is 17.5 Å². The minimum absolute atomic E-state index is 0.127. The molecule has 2 heterocycles. The minimum Gasteiger partial charge on any atom is -0.332 e. The summed E-state index contributed by atoms with van der Waals surface area (Å²) in [5.41, 5.74) is 4.84. The van der Waals surface area contributed by atoms with E-state index in [1.54, 1.807) is 4.90 Å². The van der Waals surface area contributed by atoms with Gasteiger partial charge >= 0.3 is 0 Å². The molecule has 5 heteroatoms. The van der Waals surface area contributed by atoms with Crippen LogP contribution in [-0.2, 0) is 0 Å². The first-order valence-corrected chi connectivity index (χ1v) is 10.6. The Morgan fingerprint density at radius 3 is 2.31 bits per heavy atom. The molecule has 0 bridgehead atoms. The number of rotatable bonds is 4. The molecule has 0 radical (unpaired) electrons. The van der Waals surface area contributed by atoms with Gasteiger partial charge in [-0.3, -0.25) is 4.79 Å². The van der Waals surface area contributed by atoms with Crippen molar-refractivity contribution in [2.45, 2.75) is 13.8 Å². The Hall–Kier alpha value is -2.56. The highest BCUT2D eigenvalue weighted by Crippen LogP contribution is 2.31. The number of para-hydroxylation sites is 1. The Bertz CT molecular complexity index is 987. The number of quaternary nitrogens is 1. The molecule has 0 atom stereocenters. The quantitative estimate of drug-likeness (QED) is 0.703. The van der Waals surface area contributed by atoms with Gasteiger partial charge in [-0.15, -0.1) is 0 Å². The van der Waals surface area contributed by atoms with Crippen LogP contribution in [0.4, 0.5) is 0 Å². The standard InChI is InChI=1S/C24H26ClN3O/c1-3-26-13-15-27(16-14-26)24(29)22-17-23(19-9-11-20(25)12-10-19)28(18(22)2)21-7-5-4-6-8-21/h4-12,17H,3,13-16H2,1-2H3/p+1. The Morgan fingerprint density at radius 2 is 1.69 bits per heavy atom. The minimum atomic E-state index is 0.127. The van der Waals surface area contributed by atoms with E-state index in [1.807, 2.05) is 60.4 Å². The number of hydrogen-bond donors (Lipinski definition) is 1. The molecule has 0 spiro atoms. The first-order chi connectivity index (χ1) is 14.1. The zero-order valence-corrected chi connectivity index (χ0v) is 17.7. The van der Waals surface area contributed by atoms with Crippen LogP contribution in [0.25, 0.3) is 16.9 Å². The number of benzene rings is 2. The Balaban J connectivity index is 1.76. The average molecular weight is 409 g/mol. The highest BCUT2D eigenvalue weighted by atomic mass is 35.5. The number of hydrogen-bond acceptors (Lipinski definition) is 1. The second kappa shape index (κ2) is 8.44. The SMILES string of the molecule is CC[NH+]1CCN(C(=O)c2cc(-c3ccc(Cl)cc3)n(-c3ccccc3)c2C)CC1. The molecule has 1 fully saturated rings. The van der Waals surface area contributed by atoms with Gasteiger partial charge < -0.3 is 14.4 Å². The second-order valence-corrected chi connectivity index (χ2v) is 8.04. The number of carbonyl (C=O) groups excluding carboxylic acids is 1. The Kier molecular flexibility index (Phi) is 5.74. The fourth-order valence-corrected chi connectivity index (χ4v) is 4.24. The van der Waals surface area contributed by atoms with Crippen LogP contribution in [0.1, 0.15) is 23.0 Å². The van der Waals surface area contributed by atoms with Gasteiger partial charge in [-0.25, -0.2) is 0 Å². The number of aromatic nitrogens is 1. The lowest BCUT2D eigenvalue weighted by atomic mass is 10.1. The molecule has 1 aliphatic rings. The van der Waals surface area contributed by atoms with Gasteiger partial charge in [-0.05, 0) is 49.7 Å². The van der Waals surface area contributed by atoms with E-state index in [0.717, 1.165) is 60.9 Å². The number of halogens is 1. The predicted octanol–water partition coefficient (Wildman–Crippen LogP) is 3.47. The van der Waals surface area contributed by atoms with Crippen LogP contribution in [0, 0.1) is 6.92 Å². The van der Waals surface area contributed by atoms with E-state index in [0.29, 0.717) is 5.02 Å². The lowest BCUT2D eigenvalue weighted by Crippen LogP contribution is -3.14. The number of nitrogens with zero attached hydrogens (tertiary/aromatic N) is 2. The van der Waals surface area contributed by atoms with E-state index < -0.39 is 0 Å². The molecular weight excluding hydrogens is 382 g/mol. The molecule has 4 rings (SSSR count). The summed E-state index contributed by atoms with van der Waals surface area (Å²) in [6.45, 7) is 9.02. The molecular formula is C24H27ClN3O+. The molecule has 150 valence electrons. The van der Waals surface area contributed by atoms with E-state index in [-0.39, 0.29) is 5.91 Å². The topological polar surface area (TPSA) is 29.7 Å². The molecule has 4 nitrogen and oxygen atoms in total. The summed E-state index contributed by atoms with van der Waals surface area (Å²) in [4.78, 5) is 16.9. The first kappa shape index (κ1) is 19.7. The van der Waals surface area contributed by atoms with E-state index in [1.165, 1.54) is 0 Å². The maximum atomic E-state index is 13.4. The lowest BCUT2D eigenvalue weighted by molar-refractivity contribution is -0.902. The first-order valence-electron chi connectivity index (χ1n) is 10.2. The summed E-state index contributed by atoms with van der Waals surface area (Å²) >= 11 is 6.10. The van der Waals surface area contributed by atoms with Crippen LogP contribution in [0.2, 0.25) is 5.02 Å². The summed E-state index contributed by atoms with van der Waals surface area (Å²) in [6, 6.07) is 20.0. The van der Waals surface area contributed by atoms with Crippen LogP contribution in [0.15, 0.2) is 60.7 Å². The predicted molar refractivity (Wildman–Crippen MR) is 118 cm³/mol. The van der Waals surface area contributed by atoms with Crippen molar-refractivity contribution in [2.24, 2.45) is 0 Å². The van der Waals surface area contributed by atoms with Gasteiger partial charge in [-0.1, -0.05) is 41.9 Å². The molecule has 29 heavy (non-hydrogen) atoms. The maximum Gasteiger partial charge on any atom is 0.256 e.